The van der Waals surface area contributed by atoms with Crippen LogP contribution >= 0.6 is 0 Å². The average molecular weight is 397 g/mol. The summed E-state index contributed by atoms with van der Waals surface area (Å²) in [5, 5.41) is 10.8. The Bertz CT molecular complexity index is 1080. The summed E-state index contributed by atoms with van der Waals surface area (Å²) in [6.45, 7) is 0.620. The summed E-state index contributed by atoms with van der Waals surface area (Å²) in [6.07, 6.45) is 5.39. The van der Waals surface area contributed by atoms with Crippen molar-refractivity contribution in [2.75, 3.05) is 13.1 Å². The minimum absolute atomic E-state index is 0.0943. The smallest absolute Gasteiger partial charge is 0.272 e. The summed E-state index contributed by atoms with van der Waals surface area (Å²) in [4.78, 5) is 18.5. The molecule has 0 atom stereocenters. The Balaban J connectivity index is 1.41. The molecule has 1 saturated heterocycles. The van der Waals surface area contributed by atoms with Gasteiger partial charge in [0.1, 0.15) is 0 Å². The van der Waals surface area contributed by atoms with Crippen LogP contribution in [0.2, 0.25) is 0 Å². The predicted molar refractivity (Wildman–Crippen MR) is 105 cm³/mol. The van der Waals surface area contributed by atoms with E-state index < -0.39 is 5.92 Å². The molecule has 1 aliphatic heterocycles. The number of likely N-dealkylation sites (tertiary alicyclic amines) is 1. The number of benzene rings is 1. The van der Waals surface area contributed by atoms with Gasteiger partial charge in [0.25, 0.3) is 11.8 Å². The number of hydrogen-bond acceptors (Lipinski definition) is 4. The molecule has 1 saturated carbocycles. The maximum atomic E-state index is 13.4. The van der Waals surface area contributed by atoms with E-state index in [-0.39, 0.29) is 24.9 Å². The highest BCUT2D eigenvalue weighted by Crippen LogP contribution is 2.29. The number of nitrogens with one attached hydrogen (secondary N) is 2. The minimum Gasteiger partial charge on any atom is -0.348 e. The molecule has 6 nitrogen and oxygen atoms in total. The van der Waals surface area contributed by atoms with Crippen LogP contribution in [0.4, 0.5) is 8.78 Å². The number of pyridine rings is 1. The van der Waals surface area contributed by atoms with Gasteiger partial charge >= 0.3 is 0 Å². The molecular formula is C21H21F2N5O. The Morgan fingerprint density at radius 2 is 2.10 bits per heavy atom. The van der Waals surface area contributed by atoms with Crippen molar-refractivity contribution in [1.29, 1.82) is 0 Å². The summed E-state index contributed by atoms with van der Waals surface area (Å²) in [5.74, 6) is -2.77. The van der Waals surface area contributed by atoms with Gasteiger partial charge in [0.05, 0.1) is 12.1 Å². The number of amides is 1. The highest BCUT2D eigenvalue weighted by molar-refractivity contribution is 6.05. The third-order valence-corrected chi connectivity index (χ3v) is 5.47. The van der Waals surface area contributed by atoms with Gasteiger partial charge in [-0.3, -0.25) is 19.8 Å². The molecule has 2 aromatic heterocycles. The Kier molecular flexibility index (Phi) is 4.31. The van der Waals surface area contributed by atoms with Crippen LogP contribution in [0.1, 0.15) is 35.3 Å². The van der Waals surface area contributed by atoms with Gasteiger partial charge in [-0.1, -0.05) is 6.07 Å². The zero-order valence-corrected chi connectivity index (χ0v) is 15.8. The lowest BCUT2D eigenvalue weighted by Crippen LogP contribution is -2.25. The third kappa shape index (κ3) is 3.85. The molecule has 1 aliphatic carbocycles. The van der Waals surface area contributed by atoms with Crippen molar-refractivity contribution in [3.05, 3.63) is 47.9 Å². The topological polar surface area (TPSA) is 73.9 Å². The highest BCUT2D eigenvalue weighted by Gasteiger charge is 2.37. The van der Waals surface area contributed by atoms with Crippen molar-refractivity contribution in [1.82, 2.24) is 25.4 Å². The van der Waals surface area contributed by atoms with Crippen molar-refractivity contribution in [3.8, 4) is 11.1 Å². The van der Waals surface area contributed by atoms with E-state index in [0.717, 1.165) is 40.4 Å². The van der Waals surface area contributed by atoms with Crippen LogP contribution in [0.25, 0.3) is 22.0 Å². The number of aromatic nitrogens is 3. The maximum absolute atomic E-state index is 13.4. The number of rotatable bonds is 5. The van der Waals surface area contributed by atoms with Gasteiger partial charge in [-0.05, 0) is 42.2 Å². The number of carbonyl (C=O) groups excluding carboxylic acids is 1. The minimum atomic E-state index is -2.60. The van der Waals surface area contributed by atoms with Crippen LogP contribution in [0.3, 0.4) is 0 Å². The normalized spacial score (nSPS) is 19.0. The quantitative estimate of drug-likeness (QED) is 0.692. The second kappa shape index (κ2) is 6.88. The summed E-state index contributed by atoms with van der Waals surface area (Å²) < 4.78 is 26.9. The van der Waals surface area contributed by atoms with Crippen LogP contribution in [-0.2, 0) is 6.54 Å². The molecule has 0 radical (unpaired) electrons. The summed E-state index contributed by atoms with van der Waals surface area (Å²) >= 11 is 0. The molecular weight excluding hydrogens is 376 g/mol. The number of H-pyrrole nitrogens is 1. The SMILES string of the molecule is O=C(NC1CC1)c1n[nH]c2ccc(-c3cncc(CN4CCC(F)(F)C4)c3)cc12. The summed E-state index contributed by atoms with van der Waals surface area (Å²) in [7, 11) is 0. The molecule has 0 bridgehead atoms. The lowest BCUT2D eigenvalue weighted by atomic mass is 10.0. The Hall–Kier alpha value is -2.87. The van der Waals surface area contributed by atoms with Gasteiger partial charge in [0.2, 0.25) is 0 Å². The second-order valence-corrected chi connectivity index (χ2v) is 7.98. The fourth-order valence-electron chi connectivity index (χ4n) is 3.78. The molecule has 5 rings (SSSR count). The maximum Gasteiger partial charge on any atom is 0.272 e. The first-order chi connectivity index (χ1) is 14.0. The molecule has 2 N–H and O–H groups in total. The molecule has 3 heterocycles. The standard InChI is InChI=1S/C21H21F2N5O/c22-21(23)5-6-28(12-21)11-13-7-15(10-24-9-13)14-1-4-18-17(8-14)19(27-26-18)20(29)25-16-2-3-16/h1,4,7-10,16H,2-3,5-6,11-12H2,(H,25,29)(H,26,27). The van der Waals surface area contributed by atoms with Gasteiger partial charge in [-0.2, -0.15) is 5.10 Å². The van der Waals surface area contributed by atoms with E-state index in [2.05, 4.69) is 20.5 Å². The Morgan fingerprint density at radius 3 is 2.86 bits per heavy atom. The van der Waals surface area contributed by atoms with Crippen LogP contribution in [-0.4, -0.2) is 51.0 Å². The van der Waals surface area contributed by atoms with Crippen LogP contribution in [0.15, 0.2) is 36.7 Å². The molecule has 0 spiro atoms. The van der Waals surface area contributed by atoms with Crippen molar-refractivity contribution in [2.24, 2.45) is 0 Å². The molecule has 1 aromatic carbocycles. The summed E-state index contributed by atoms with van der Waals surface area (Å²) in [5.41, 5.74) is 3.85. The van der Waals surface area contributed by atoms with Crippen LogP contribution in [0, 0.1) is 0 Å². The largest absolute Gasteiger partial charge is 0.348 e. The number of nitrogens with zero attached hydrogens (tertiary/aromatic N) is 3. The third-order valence-electron chi connectivity index (χ3n) is 5.47. The fraction of sp³-hybridized carbons (Fsp3) is 0.381. The Morgan fingerprint density at radius 1 is 1.24 bits per heavy atom. The average Bonchev–Trinajstić information content (AvgIpc) is 3.30. The van der Waals surface area contributed by atoms with Gasteiger partial charge in [0, 0.05) is 48.9 Å². The molecule has 8 heteroatoms. The first-order valence-corrected chi connectivity index (χ1v) is 9.80. The van der Waals surface area contributed by atoms with E-state index in [0.29, 0.717) is 18.8 Å². The van der Waals surface area contributed by atoms with Gasteiger partial charge in [-0.15, -0.1) is 0 Å². The molecule has 2 fully saturated rings. The molecule has 2 aliphatic rings. The fourth-order valence-corrected chi connectivity index (χ4v) is 3.78. The number of hydrogen-bond donors (Lipinski definition) is 2. The van der Waals surface area contributed by atoms with Gasteiger partial charge in [-0.25, -0.2) is 8.78 Å². The second-order valence-electron chi connectivity index (χ2n) is 7.98. The predicted octanol–water partition coefficient (Wildman–Crippen LogP) is 3.36. The van der Waals surface area contributed by atoms with E-state index >= 15 is 0 Å². The van der Waals surface area contributed by atoms with Crippen molar-refractivity contribution < 1.29 is 13.6 Å². The van der Waals surface area contributed by atoms with Crippen molar-refractivity contribution in [3.63, 3.8) is 0 Å². The first-order valence-electron chi connectivity index (χ1n) is 9.80. The Labute approximate surface area is 166 Å². The molecule has 1 amide bonds. The number of carbonyl (C=O) groups is 1. The van der Waals surface area contributed by atoms with Crippen LogP contribution < -0.4 is 5.32 Å². The van der Waals surface area contributed by atoms with Gasteiger partial charge in [0.15, 0.2) is 5.69 Å². The molecule has 150 valence electrons. The number of halogens is 2. The number of alkyl halides is 2. The molecule has 29 heavy (non-hydrogen) atoms. The molecule has 0 unspecified atom stereocenters. The van der Waals surface area contributed by atoms with E-state index in [9.17, 15) is 13.6 Å². The van der Waals surface area contributed by atoms with E-state index in [4.69, 9.17) is 0 Å². The summed E-state index contributed by atoms with van der Waals surface area (Å²) in [6, 6.07) is 7.98. The monoisotopic (exact) mass is 397 g/mol. The zero-order chi connectivity index (χ0) is 20.0. The number of fused-ring (bicyclic) bond motifs is 1. The lowest BCUT2D eigenvalue weighted by Gasteiger charge is -2.15. The number of aromatic amines is 1. The van der Waals surface area contributed by atoms with E-state index in [1.807, 2.05) is 24.3 Å². The van der Waals surface area contributed by atoms with Crippen molar-refractivity contribution >= 4 is 16.8 Å². The zero-order valence-electron chi connectivity index (χ0n) is 15.8. The van der Waals surface area contributed by atoms with E-state index in [1.54, 1.807) is 17.3 Å². The van der Waals surface area contributed by atoms with Crippen LogP contribution in [0.5, 0.6) is 0 Å². The van der Waals surface area contributed by atoms with E-state index in [1.165, 1.54) is 0 Å². The lowest BCUT2D eigenvalue weighted by molar-refractivity contribution is 0.0115. The van der Waals surface area contributed by atoms with Crippen molar-refractivity contribution in [2.45, 2.75) is 37.8 Å². The molecule has 3 aromatic rings. The van der Waals surface area contributed by atoms with Gasteiger partial charge < -0.3 is 5.32 Å². The highest BCUT2D eigenvalue weighted by atomic mass is 19.3. The first kappa shape index (κ1) is 18.2.